The highest BCUT2D eigenvalue weighted by atomic mass is 16.5. The summed E-state index contributed by atoms with van der Waals surface area (Å²) in [6.45, 7) is 11.1. The smallest absolute Gasteiger partial charge is 0.342 e. The van der Waals surface area contributed by atoms with Crippen LogP contribution in [0.2, 0.25) is 0 Å². The number of aryl methyl sites for hydroxylation is 1. The van der Waals surface area contributed by atoms with Crippen molar-refractivity contribution in [3.8, 4) is 5.75 Å². The Morgan fingerprint density at radius 2 is 1.82 bits per heavy atom. The van der Waals surface area contributed by atoms with E-state index in [4.69, 9.17) is 9.47 Å². The lowest BCUT2D eigenvalue weighted by atomic mass is 9.94. The van der Waals surface area contributed by atoms with Crippen LogP contribution in [0.1, 0.15) is 55.1 Å². The first-order chi connectivity index (χ1) is 10.2. The summed E-state index contributed by atoms with van der Waals surface area (Å²) in [5.41, 5.74) is 2.50. The van der Waals surface area contributed by atoms with Crippen LogP contribution in [0.15, 0.2) is 12.1 Å². The van der Waals surface area contributed by atoms with E-state index in [0.717, 1.165) is 17.7 Å². The quantitative estimate of drug-likeness (QED) is 0.721. The Balaban J connectivity index is 3.20. The van der Waals surface area contributed by atoms with Gasteiger partial charge in [0.1, 0.15) is 17.9 Å². The zero-order valence-corrected chi connectivity index (χ0v) is 14.9. The highest BCUT2D eigenvalue weighted by Gasteiger charge is 2.23. The molecule has 22 heavy (non-hydrogen) atoms. The minimum atomic E-state index is -0.303. The summed E-state index contributed by atoms with van der Waals surface area (Å²) in [6, 6.07) is 4.00. The lowest BCUT2D eigenvalue weighted by molar-refractivity contribution is 0.0371. The summed E-state index contributed by atoms with van der Waals surface area (Å²) in [5.74, 6) is 0.576. The van der Waals surface area contributed by atoms with E-state index in [0.29, 0.717) is 17.9 Å². The van der Waals surface area contributed by atoms with Crippen LogP contribution in [0.5, 0.6) is 5.75 Å². The summed E-state index contributed by atoms with van der Waals surface area (Å²) >= 11 is 0. The van der Waals surface area contributed by atoms with Gasteiger partial charge in [-0.3, -0.25) is 0 Å². The molecule has 4 nitrogen and oxygen atoms in total. The van der Waals surface area contributed by atoms with Crippen LogP contribution < -0.4 is 4.74 Å². The van der Waals surface area contributed by atoms with Crippen molar-refractivity contribution in [3.63, 3.8) is 0 Å². The maximum Gasteiger partial charge on any atom is 0.342 e. The summed E-state index contributed by atoms with van der Waals surface area (Å²) in [4.78, 5) is 14.6. The molecule has 0 spiro atoms. The van der Waals surface area contributed by atoms with Crippen molar-refractivity contribution in [2.24, 2.45) is 0 Å². The number of ether oxygens (including phenoxy) is 2. The third-order valence-corrected chi connectivity index (χ3v) is 3.34. The molecule has 0 unspecified atom stereocenters. The first-order valence-electron chi connectivity index (χ1n) is 7.86. The van der Waals surface area contributed by atoms with Crippen molar-refractivity contribution >= 4 is 5.97 Å². The fourth-order valence-corrected chi connectivity index (χ4v) is 2.18. The Kier molecular flexibility index (Phi) is 6.88. The van der Waals surface area contributed by atoms with E-state index in [1.165, 1.54) is 0 Å². The molecule has 0 bridgehead atoms. The first-order valence-corrected chi connectivity index (χ1v) is 7.86. The van der Waals surface area contributed by atoms with Gasteiger partial charge in [0, 0.05) is 6.54 Å². The molecule has 0 fully saturated rings. The molecule has 0 atom stereocenters. The van der Waals surface area contributed by atoms with Crippen molar-refractivity contribution in [1.82, 2.24) is 4.90 Å². The van der Waals surface area contributed by atoms with E-state index in [2.05, 4.69) is 13.8 Å². The molecule has 0 aliphatic rings. The van der Waals surface area contributed by atoms with Crippen molar-refractivity contribution < 1.29 is 14.3 Å². The van der Waals surface area contributed by atoms with Gasteiger partial charge in [-0.1, -0.05) is 26.0 Å². The molecule has 0 N–H and O–H groups in total. The van der Waals surface area contributed by atoms with Crippen molar-refractivity contribution in [2.45, 2.75) is 46.6 Å². The van der Waals surface area contributed by atoms with Gasteiger partial charge in [-0.15, -0.1) is 0 Å². The van der Waals surface area contributed by atoms with Crippen LogP contribution in [-0.2, 0) is 4.74 Å². The van der Waals surface area contributed by atoms with E-state index in [9.17, 15) is 4.79 Å². The molecule has 124 valence electrons. The van der Waals surface area contributed by atoms with Gasteiger partial charge in [0.2, 0.25) is 0 Å². The van der Waals surface area contributed by atoms with Crippen LogP contribution >= 0.6 is 0 Å². The highest BCUT2D eigenvalue weighted by molar-refractivity contribution is 5.95. The van der Waals surface area contributed by atoms with Crippen LogP contribution in [0.4, 0.5) is 0 Å². The van der Waals surface area contributed by atoms with Crippen molar-refractivity contribution in [2.75, 3.05) is 27.2 Å². The molecule has 0 heterocycles. The number of carbonyl (C=O) groups excluding carboxylic acids is 1. The molecule has 0 amide bonds. The highest BCUT2D eigenvalue weighted by Crippen LogP contribution is 2.32. The van der Waals surface area contributed by atoms with Crippen molar-refractivity contribution in [3.05, 3.63) is 28.8 Å². The molecule has 0 aliphatic carbocycles. The molecule has 4 heteroatoms. The molecule has 0 radical (unpaired) electrons. The first kappa shape index (κ1) is 18.5. The number of esters is 1. The van der Waals surface area contributed by atoms with Gasteiger partial charge in [0.05, 0.1) is 6.10 Å². The Bertz CT molecular complexity index is 507. The molecule has 0 aromatic heterocycles. The second-order valence-electron chi connectivity index (χ2n) is 6.44. The second-order valence-corrected chi connectivity index (χ2v) is 6.44. The number of likely N-dealkylation sites (N-methyl/N-ethyl adjacent to an activating group) is 1. The minimum absolute atomic E-state index is 0.150. The number of rotatable bonds is 7. The number of hydrogen-bond acceptors (Lipinski definition) is 4. The van der Waals surface area contributed by atoms with Crippen LogP contribution in [-0.4, -0.2) is 44.2 Å². The Morgan fingerprint density at radius 3 is 2.32 bits per heavy atom. The predicted octanol–water partition coefficient (Wildman–Crippen LogP) is 3.62. The maximum absolute atomic E-state index is 12.5. The Hall–Kier alpha value is -1.55. The number of nitrogens with zero attached hydrogens (tertiary/aromatic N) is 1. The van der Waals surface area contributed by atoms with Gasteiger partial charge in [0.25, 0.3) is 0 Å². The zero-order valence-electron chi connectivity index (χ0n) is 14.9. The maximum atomic E-state index is 12.5. The largest absolute Gasteiger partial charge is 0.491 e. The Morgan fingerprint density at radius 1 is 1.18 bits per heavy atom. The van der Waals surface area contributed by atoms with Crippen molar-refractivity contribution in [1.29, 1.82) is 0 Å². The van der Waals surface area contributed by atoms with Gasteiger partial charge >= 0.3 is 5.97 Å². The third kappa shape index (κ3) is 5.02. The van der Waals surface area contributed by atoms with Crippen LogP contribution in [0.3, 0.4) is 0 Å². The summed E-state index contributed by atoms with van der Waals surface area (Å²) < 4.78 is 11.4. The molecule has 1 aromatic carbocycles. The van der Waals surface area contributed by atoms with Gasteiger partial charge in [0.15, 0.2) is 0 Å². The normalized spacial score (nSPS) is 11.4. The van der Waals surface area contributed by atoms with Crippen LogP contribution in [0.25, 0.3) is 0 Å². The number of hydrogen-bond donors (Lipinski definition) is 0. The fraction of sp³-hybridized carbons (Fsp3) is 0.611. The summed E-state index contributed by atoms with van der Waals surface area (Å²) in [6.07, 6.45) is -0.150. The monoisotopic (exact) mass is 307 g/mol. The topological polar surface area (TPSA) is 38.8 Å². The van der Waals surface area contributed by atoms with Gasteiger partial charge < -0.3 is 14.4 Å². The van der Waals surface area contributed by atoms with E-state index in [1.54, 1.807) is 0 Å². The SMILES string of the molecule is Cc1ccc(C(C)C)c(C(=O)OC(C)C)c1OCCN(C)C. The molecular weight excluding hydrogens is 278 g/mol. The average molecular weight is 307 g/mol. The average Bonchev–Trinajstić information content (AvgIpc) is 2.38. The molecule has 0 saturated heterocycles. The fourth-order valence-electron chi connectivity index (χ4n) is 2.18. The molecule has 1 rings (SSSR count). The lowest BCUT2D eigenvalue weighted by Crippen LogP contribution is -2.21. The number of carbonyl (C=O) groups is 1. The van der Waals surface area contributed by atoms with Gasteiger partial charge in [-0.25, -0.2) is 4.79 Å². The third-order valence-electron chi connectivity index (χ3n) is 3.34. The zero-order chi connectivity index (χ0) is 16.9. The standard InChI is InChI=1S/C18H29NO3/c1-12(2)15-9-8-14(5)17(21-11-10-19(6)7)16(15)18(20)22-13(3)4/h8-9,12-13H,10-11H2,1-7H3. The van der Waals surface area contributed by atoms with Crippen LogP contribution in [0, 0.1) is 6.92 Å². The van der Waals surface area contributed by atoms with E-state index < -0.39 is 0 Å². The Labute approximate surface area is 134 Å². The lowest BCUT2D eigenvalue weighted by Gasteiger charge is -2.20. The van der Waals surface area contributed by atoms with E-state index >= 15 is 0 Å². The molecular formula is C18H29NO3. The molecule has 0 aliphatic heterocycles. The predicted molar refractivity (Wildman–Crippen MR) is 89.9 cm³/mol. The summed E-state index contributed by atoms with van der Waals surface area (Å²) in [5, 5.41) is 0. The second kappa shape index (κ2) is 8.18. The number of benzene rings is 1. The molecule has 0 saturated carbocycles. The summed E-state index contributed by atoms with van der Waals surface area (Å²) in [7, 11) is 3.99. The van der Waals surface area contributed by atoms with Gasteiger partial charge in [-0.2, -0.15) is 0 Å². The van der Waals surface area contributed by atoms with Gasteiger partial charge in [-0.05, 0) is 51.9 Å². The van der Waals surface area contributed by atoms with E-state index in [-0.39, 0.29) is 18.0 Å². The minimum Gasteiger partial charge on any atom is -0.491 e. The molecule has 1 aromatic rings. The van der Waals surface area contributed by atoms with E-state index in [1.807, 2.05) is 51.9 Å².